The molecule has 0 unspecified atom stereocenters. The maximum Gasteiger partial charge on any atom is 0.225 e. The quantitative estimate of drug-likeness (QED) is 0.366. The molecule has 3 rings (SSSR count). The van der Waals surface area contributed by atoms with E-state index in [1.165, 1.54) is 11.1 Å². The molecular formula is C21H32IN7. The molecule has 0 spiro atoms. The predicted octanol–water partition coefficient (Wildman–Crippen LogP) is 2.23. The second-order valence-electron chi connectivity index (χ2n) is 7.13. The number of nitrogens with zero attached hydrogens (tertiary/aromatic N) is 6. The predicted molar refractivity (Wildman–Crippen MR) is 130 cm³/mol. The number of rotatable bonds is 6. The second kappa shape index (κ2) is 11.9. The van der Waals surface area contributed by atoms with E-state index in [1.54, 1.807) is 12.4 Å². The Kier molecular flexibility index (Phi) is 9.59. The van der Waals surface area contributed by atoms with E-state index < -0.39 is 0 Å². The summed E-state index contributed by atoms with van der Waals surface area (Å²) >= 11 is 0. The van der Waals surface area contributed by atoms with E-state index in [0.29, 0.717) is 0 Å². The molecule has 0 atom stereocenters. The van der Waals surface area contributed by atoms with Gasteiger partial charge in [-0.05, 0) is 24.1 Å². The summed E-state index contributed by atoms with van der Waals surface area (Å²) in [5.41, 5.74) is 2.64. The van der Waals surface area contributed by atoms with Gasteiger partial charge in [0.15, 0.2) is 5.96 Å². The van der Waals surface area contributed by atoms with Crippen LogP contribution in [-0.2, 0) is 6.54 Å². The Labute approximate surface area is 191 Å². The van der Waals surface area contributed by atoms with E-state index in [0.717, 1.165) is 57.7 Å². The topological polar surface area (TPSA) is 59.9 Å². The molecule has 0 saturated carbocycles. The third-order valence-corrected chi connectivity index (χ3v) is 5.16. The molecule has 1 fully saturated rings. The monoisotopic (exact) mass is 509 g/mol. The minimum Gasteiger partial charge on any atom is -0.355 e. The highest BCUT2D eigenvalue weighted by atomic mass is 127. The fraction of sp³-hybridized carbons (Fsp3) is 0.476. The van der Waals surface area contributed by atoms with Crippen molar-refractivity contribution < 1.29 is 0 Å². The van der Waals surface area contributed by atoms with Crippen molar-refractivity contribution in [1.29, 1.82) is 0 Å². The Morgan fingerprint density at radius 1 is 1.10 bits per heavy atom. The minimum atomic E-state index is 0. The fourth-order valence-electron chi connectivity index (χ4n) is 3.45. The Hall–Kier alpha value is -1.94. The molecule has 2 aromatic rings. The summed E-state index contributed by atoms with van der Waals surface area (Å²) in [6, 6.07) is 10.4. The van der Waals surface area contributed by atoms with Crippen LogP contribution in [-0.4, -0.2) is 79.1 Å². The van der Waals surface area contributed by atoms with Gasteiger partial charge in [0.25, 0.3) is 0 Å². The van der Waals surface area contributed by atoms with Gasteiger partial charge in [-0.15, -0.1) is 24.0 Å². The van der Waals surface area contributed by atoms with Crippen molar-refractivity contribution in [3.63, 3.8) is 0 Å². The van der Waals surface area contributed by atoms with E-state index in [9.17, 15) is 0 Å². The number of guanidine groups is 1. The van der Waals surface area contributed by atoms with Gasteiger partial charge in [-0.25, -0.2) is 9.97 Å². The normalized spacial score (nSPS) is 15.0. The lowest BCUT2D eigenvalue weighted by Gasteiger charge is -2.34. The summed E-state index contributed by atoms with van der Waals surface area (Å²) in [6.45, 7) is 8.86. The number of aryl methyl sites for hydroxylation is 1. The molecule has 1 N–H and O–H groups in total. The minimum absolute atomic E-state index is 0. The van der Waals surface area contributed by atoms with Crippen molar-refractivity contribution in [2.45, 2.75) is 13.5 Å². The highest BCUT2D eigenvalue weighted by molar-refractivity contribution is 14.0. The van der Waals surface area contributed by atoms with Crippen LogP contribution in [0.2, 0.25) is 0 Å². The van der Waals surface area contributed by atoms with Gasteiger partial charge >= 0.3 is 0 Å². The Balaban J connectivity index is 0.00000300. The lowest BCUT2D eigenvalue weighted by atomic mass is 10.1. The molecule has 1 aliphatic rings. The number of hydrogen-bond acceptors (Lipinski definition) is 5. The SMILES string of the molecule is CN=C(NCCN1CCN(c2ncccn2)CC1)N(C)Cc1ccccc1C.I. The van der Waals surface area contributed by atoms with Crippen LogP contribution in [0.1, 0.15) is 11.1 Å². The molecule has 7 nitrogen and oxygen atoms in total. The maximum absolute atomic E-state index is 4.44. The van der Waals surface area contributed by atoms with Gasteiger partial charge in [0.05, 0.1) is 0 Å². The van der Waals surface area contributed by atoms with Gasteiger partial charge < -0.3 is 15.1 Å². The molecule has 1 saturated heterocycles. The number of anilines is 1. The number of aromatic nitrogens is 2. The smallest absolute Gasteiger partial charge is 0.225 e. The highest BCUT2D eigenvalue weighted by Crippen LogP contribution is 2.10. The van der Waals surface area contributed by atoms with Crippen LogP contribution in [0.25, 0.3) is 0 Å². The third kappa shape index (κ3) is 6.81. The standard InChI is InChI=1S/C21H31N7.HI/c1-18-7-4-5-8-19(18)17-26(3)20(22-2)25-11-12-27-13-15-28(16-14-27)21-23-9-6-10-24-21;/h4-10H,11-17H2,1-3H3,(H,22,25);1H. The van der Waals surface area contributed by atoms with Crippen molar-refractivity contribution in [3.05, 3.63) is 53.9 Å². The first-order chi connectivity index (χ1) is 13.7. The third-order valence-electron chi connectivity index (χ3n) is 5.16. The Morgan fingerprint density at radius 3 is 2.45 bits per heavy atom. The van der Waals surface area contributed by atoms with Crippen molar-refractivity contribution in [2.75, 3.05) is 58.3 Å². The lowest BCUT2D eigenvalue weighted by molar-refractivity contribution is 0.259. The molecule has 0 bridgehead atoms. The number of hydrogen-bond donors (Lipinski definition) is 1. The lowest BCUT2D eigenvalue weighted by Crippen LogP contribution is -2.49. The molecule has 1 aromatic carbocycles. The van der Waals surface area contributed by atoms with Crippen LogP contribution in [0.3, 0.4) is 0 Å². The summed E-state index contributed by atoms with van der Waals surface area (Å²) in [7, 11) is 3.93. The second-order valence-corrected chi connectivity index (χ2v) is 7.13. The van der Waals surface area contributed by atoms with E-state index in [4.69, 9.17) is 0 Å². The van der Waals surface area contributed by atoms with Gasteiger partial charge in [-0.1, -0.05) is 24.3 Å². The van der Waals surface area contributed by atoms with E-state index in [-0.39, 0.29) is 24.0 Å². The molecular weight excluding hydrogens is 477 g/mol. The zero-order chi connectivity index (χ0) is 19.8. The summed E-state index contributed by atoms with van der Waals surface area (Å²) in [4.78, 5) is 20.0. The van der Waals surface area contributed by atoms with Crippen LogP contribution in [0.4, 0.5) is 5.95 Å². The largest absolute Gasteiger partial charge is 0.355 e. The van der Waals surface area contributed by atoms with Crippen molar-refractivity contribution in [3.8, 4) is 0 Å². The molecule has 2 heterocycles. The zero-order valence-corrected chi connectivity index (χ0v) is 19.9. The Morgan fingerprint density at radius 2 is 1.79 bits per heavy atom. The summed E-state index contributed by atoms with van der Waals surface area (Å²) in [5.74, 6) is 1.76. The number of aliphatic imine (C=N–C) groups is 1. The number of halogens is 1. The molecule has 158 valence electrons. The summed E-state index contributed by atoms with van der Waals surface area (Å²) < 4.78 is 0. The molecule has 1 aromatic heterocycles. The summed E-state index contributed by atoms with van der Waals surface area (Å²) in [6.07, 6.45) is 3.61. The number of benzene rings is 1. The van der Waals surface area contributed by atoms with Crippen molar-refractivity contribution in [1.82, 2.24) is 25.1 Å². The first-order valence-corrected chi connectivity index (χ1v) is 9.88. The van der Waals surface area contributed by atoms with Crippen LogP contribution >= 0.6 is 24.0 Å². The van der Waals surface area contributed by atoms with Crippen molar-refractivity contribution in [2.24, 2.45) is 4.99 Å². The zero-order valence-electron chi connectivity index (χ0n) is 17.6. The van der Waals surface area contributed by atoms with Crippen LogP contribution < -0.4 is 10.2 Å². The average Bonchev–Trinajstić information content (AvgIpc) is 2.74. The van der Waals surface area contributed by atoms with Gasteiger partial charge in [0.1, 0.15) is 0 Å². The van der Waals surface area contributed by atoms with Gasteiger partial charge in [-0.2, -0.15) is 0 Å². The molecule has 0 radical (unpaired) electrons. The van der Waals surface area contributed by atoms with Gasteiger partial charge in [-0.3, -0.25) is 9.89 Å². The molecule has 8 heteroatoms. The molecule has 1 aliphatic heterocycles. The van der Waals surface area contributed by atoms with E-state index in [1.807, 2.05) is 13.1 Å². The number of piperazine rings is 1. The molecule has 0 amide bonds. The molecule has 29 heavy (non-hydrogen) atoms. The van der Waals surface area contributed by atoms with Crippen LogP contribution in [0.15, 0.2) is 47.7 Å². The Bertz CT molecular complexity index is 761. The first-order valence-electron chi connectivity index (χ1n) is 9.88. The van der Waals surface area contributed by atoms with Gasteiger partial charge in [0, 0.05) is 72.3 Å². The fourth-order valence-corrected chi connectivity index (χ4v) is 3.45. The maximum atomic E-state index is 4.44. The van der Waals surface area contributed by atoms with Crippen molar-refractivity contribution >= 4 is 35.9 Å². The van der Waals surface area contributed by atoms with E-state index >= 15 is 0 Å². The highest BCUT2D eigenvalue weighted by Gasteiger charge is 2.18. The van der Waals surface area contributed by atoms with Crippen LogP contribution in [0, 0.1) is 6.92 Å². The average molecular weight is 509 g/mol. The number of nitrogens with one attached hydrogen (secondary N) is 1. The van der Waals surface area contributed by atoms with E-state index in [2.05, 4.69) is 73.2 Å². The van der Waals surface area contributed by atoms with Gasteiger partial charge in [0.2, 0.25) is 5.95 Å². The first kappa shape index (κ1) is 23.3. The van der Waals surface area contributed by atoms with Crippen LogP contribution in [0.5, 0.6) is 0 Å². The summed E-state index contributed by atoms with van der Waals surface area (Å²) in [5, 5.41) is 3.50. The molecule has 0 aliphatic carbocycles.